The highest BCUT2D eigenvalue weighted by Gasteiger charge is 2.13. The standard InChI is InChI=1S/C17H16Cl2N2O2/c1-11-20-15-4-2-3-5-16(15)21(11)9-13(22)10-23-17-7-6-12(18)8-14(17)19/h2-8,13,22H,9-10H2,1H3. The minimum atomic E-state index is -0.682. The first-order valence-electron chi connectivity index (χ1n) is 7.22. The normalized spacial score (nSPS) is 12.5. The molecule has 4 nitrogen and oxygen atoms in total. The van der Waals surface area contributed by atoms with E-state index >= 15 is 0 Å². The van der Waals surface area contributed by atoms with Gasteiger partial charge in [-0.2, -0.15) is 0 Å². The molecular formula is C17H16Cl2N2O2. The summed E-state index contributed by atoms with van der Waals surface area (Å²) in [4.78, 5) is 4.48. The van der Waals surface area contributed by atoms with Crippen LogP contribution in [0.4, 0.5) is 0 Å². The van der Waals surface area contributed by atoms with Crippen LogP contribution in [0.1, 0.15) is 5.82 Å². The third kappa shape index (κ3) is 3.61. The number of ether oxygens (including phenoxy) is 1. The molecule has 0 aliphatic carbocycles. The minimum Gasteiger partial charge on any atom is -0.489 e. The zero-order valence-corrected chi connectivity index (χ0v) is 14.1. The van der Waals surface area contributed by atoms with E-state index in [9.17, 15) is 5.11 Å². The topological polar surface area (TPSA) is 47.3 Å². The number of fused-ring (bicyclic) bond motifs is 1. The number of nitrogens with zero attached hydrogens (tertiary/aromatic N) is 2. The second-order valence-corrected chi connectivity index (χ2v) is 6.14. The molecule has 23 heavy (non-hydrogen) atoms. The molecule has 0 amide bonds. The van der Waals surface area contributed by atoms with Gasteiger partial charge in [0.2, 0.25) is 0 Å². The molecule has 1 heterocycles. The van der Waals surface area contributed by atoms with Crippen molar-refractivity contribution < 1.29 is 9.84 Å². The summed E-state index contributed by atoms with van der Waals surface area (Å²) in [6, 6.07) is 12.8. The van der Waals surface area contributed by atoms with Crippen molar-refractivity contribution in [3.63, 3.8) is 0 Å². The Bertz CT molecular complexity index is 833. The van der Waals surface area contributed by atoms with Crippen LogP contribution in [0, 0.1) is 6.92 Å². The second-order valence-electron chi connectivity index (χ2n) is 5.30. The lowest BCUT2D eigenvalue weighted by Gasteiger charge is -2.15. The summed E-state index contributed by atoms with van der Waals surface area (Å²) >= 11 is 11.9. The van der Waals surface area contributed by atoms with Crippen LogP contribution in [0.2, 0.25) is 10.0 Å². The molecule has 1 atom stereocenters. The number of benzene rings is 2. The first-order chi connectivity index (χ1) is 11.0. The second kappa shape index (κ2) is 6.79. The Hall–Kier alpha value is -1.75. The molecule has 3 rings (SSSR count). The highest BCUT2D eigenvalue weighted by Crippen LogP contribution is 2.27. The van der Waals surface area contributed by atoms with Crippen molar-refractivity contribution in [1.82, 2.24) is 9.55 Å². The summed E-state index contributed by atoms with van der Waals surface area (Å²) in [6.45, 7) is 2.45. The highest BCUT2D eigenvalue weighted by atomic mass is 35.5. The fourth-order valence-electron chi connectivity index (χ4n) is 2.47. The molecule has 0 aliphatic heterocycles. The minimum absolute atomic E-state index is 0.132. The van der Waals surface area contributed by atoms with Crippen LogP contribution >= 0.6 is 23.2 Å². The van der Waals surface area contributed by atoms with Crippen molar-refractivity contribution in [3.05, 3.63) is 58.3 Å². The van der Waals surface area contributed by atoms with E-state index in [0.29, 0.717) is 22.3 Å². The van der Waals surface area contributed by atoms with Crippen LogP contribution in [0.25, 0.3) is 11.0 Å². The number of aryl methyl sites for hydroxylation is 1. The summed E-state index contributed by atoms with van der Waals surface area (Å²) in [5.41, 5.74) is 1.91. The number of rotatable bonds is 5. The number of aliphatic hydroxyl groups is 1. The molecule has 1 N–H and O–H groups in total. The average Bonchev–Trinajstić information content (AvgIpc) is 2.82. The Kier molecular flexibility index (Phi) is 4.76. The smallest absolute Gasteiger partial charge is 0.138 e. The Labute approximate surface area is 144 Å². The van der Waals surface area contributed by atoms with Crippen molar-refractivity contribution in [2.24, 2.45) is 0 Å². The zero-order valence-electron chi connectivity index (χ0n) is 12.5. The number of hydrogen-bond donors (Lipinski definition) is 1. The van der Waals surface area contributed by atoms with Crippen LogP contribution in [-0.2, 0) is 6.54 Å². The summed E-state index contributed by atoms with van der Waals surface area (Å²) in [7, 11) is 0. The third-order valence-electron chi connectivity index (χ3n) is 3.56. The van der Waals surface area contributed by atoms with E-state index in [0.717, 1.165) is 16.9 Å². The van der Waals surface area contributed by atoms with Crippen molar-refractivity contribution in [3.8, 4) is 5.75 Å². The van der Waals surface area contributed by atoms with E-state index in [1.807, 2.05) is 35.8 Å². The Balaban J connectivity index is 1.69. The predicted octanol–water partition coefficient (Wildman–Crippen LogP) is 4.09. The van der Waals surface area contributed by atoms with Gasteiger partial charge in [-0.15, -0.1) is 0 Å². The lowest BCUT2D eigenvalue weighted by Crippen LogP contribution is -2.24. The van der Waals surface area contributed by atoms with Crippen molar-refractivity contribution in [2.45, 2.75) is 19.6 Å². The largest absolute Gasteiger partial charge is 0.489 e. The maximum atomic E-state index is 10.3. The summed E-state index contributed by atoms with van der Waals surface area (Å²) in [5, 5.41) is 11.2. The molecule has 0 saturated heterocycles. The van der Waals surface area contributed by atoms with Gasteiger partial charge in [-0.05, 0) is 37.3 Å². The quantitative estimate of drug-likeness (QED) is 0.753. The van der Waals surface area contributed by atoms with Gasteiger partial charge in [-0.1, -0.05) is 35.3 Å². The highest BCUT2D eigenvalue weighted by molar-refractivity contribution is 6.35. The van der Waals surface area contributed by atoms with Crippen molar-refractivity contribution in [2.75, 3.05) is 6.61 Å². The third-order valence-corrected chi connectivity index (χ3v) is 4.09. The Morgan fingerprint density at radius 1 is 1.22 bits per heavy atom. The van der Waals surface area contributed by atoms with Gasteiger partial charge in [0.25, 0.3) is 0 Å². The molecule has 0 saturated carbocycles. The van der Waals surface area contributed by atoms with E-state index in [1.165, 1.54) is 0 Å². The molecule has 1 unspecified atom stereocenters. The molecule has 1 aromatic heterocycles. The molecule has 0 aliphatic rings. The van der Waals surface area contributed by atoms with E-state index in [1.54, 1.807) is 18.2 Å². The van der Waals surface area contributed by atoms with Crippen LogP contribution in [-0.4, -0.2) is 27.4 Å². The van der Waals surface area contributed by atoms with Crippen molar-refractivity contribution in [1.29, 1.82) is 0 Å². The molecule has 0 spiro atoms. The Morgan fingerprint density at radius 3 is 2.78 bits per heavy atom. The van der Waals surface area contributed by atoms with E-state index in [4.69, 9.17) is 27.9 Å². The van der Waals surface area contributed by atoms with E-state index in [2.05, 4.69) is 4.98 Å². The fourth-order valence-corrected chi connectivity index (χ4v) is 2.93. The number of halogens is 2. The van der Waals surface area contributed by atoms with E-state index in [-0.39, 0.29) is 6.61 Å². The predicted molar refractivity (Wildman–Crippen MR) is 92.4 cm³/mol. The van der Waals surface area contributed by atoms with Crippen LogP contribution < -0.4 is 4.74 Å². The number of aliphatic hydroxyl groups excluding tert-OH is 1. The number of para-hydroxylation sites is 2. The number of hydrogen-bond acceptors (Lipinski definition) is 3. The van der Waals surface area contributed by atoms with Crippen LogP contribution in [0.3, 0.4) is 0 Å². The van der Waals surface area contributed by atoms with Crippen LogP contribution in [0.15, 0.2) is 42.5 Å². The molecule has 2 aromatic carbocycles. The van der Waals surface area contributed by atoms with Gasteiger partial charge in [0.05, 0.1) is 22.6 Å². The lowest BCUT2D eigenvalue weighted by molar-refractivity contribution is 0.0930. The number of imidazole rings is 1. The molecule has 120 valence electrons. The van der Waals surface area contributed by atoms with Gasteiger partial charge >= 0.3 is 0 Å². The van der Waals surface area contributed by atoms with Gasteiger partial charge < -0.3 is 14.4 Å². The van der Waals surface area contributed by atoms with Gasteiger partial charge in [0.15, 0.2) is 0 Å². The van der Waals surface area contributed by atoms with Crippen molar-refractivity contribution >= 4 is 34.2 Å². The molecule has 6 heteroatoms. The SMILES string of the molecule is Cc1nc2ccccc2n1CC(O)COc1ccc(Cl)cc1Cl. The maximum Gasteiger partial charge on any atom is 0.138 e. The van der Waals surface area contributed by atoms with E-state index < -0.39 is 6.10 Å². The summed E-state index contributed by atoms with van der Waals surface area (Å²) < 4.78 is 7.56. The average molecular weight is 351 g/mol. The first kappa shape index (κ1) is 16.1. The maximum absolute atomic E-state index is 10.3. The molecule has 0 fully saturated rings. The number of aromatic nitrogens is 2. The van der Waals surface area contributed by atoms with Gasteiger partial charge in [-0.25, -0.2) is 4.98 Å². The zero-order chi connectivity index (χ0) is 16.4. The summed E-state index contributed by atoms with van der Waals surface area (Å²) in [6.07, 6.45) is -0.682. The molecule has 0 bridgehead atoms. The first-order valence-corrected chi connectivity index (χ1v) is 7.98. The molecular weight excluding hydrogens is 335 g/mol. The van der Waals surface area contributed by atoms with Gasteiger partial charge in [0, 0.05) is 5.02 Å². The fraction of sp³-hybridized carbons (Fsp3) is 0.235. The lowest BCUT2D eigenvalue weighted by atomic mass is 10.3. The molecule has 3 aromatic rings. The molecule has 0 radical (unpaired) electrons. The summed E-state index contributed by atoms with van der Waals surface area (Å²) in [5.74, 6) is 1.36. The van der Waals surface area contributed by atoms with Gasteiger partial charge in [-0.3, -0.25) is 0 Å². The van der Waals surface area contributed by atoms with Gasteiger partial charge in [0.1, 0.15) is 24.3 Å². The Morgan fingerprint density at radius 2 is 2.00 bits per heavy atom. The monoisotopic (exact) mass is 350 g/mol. The van der Waals surface area contributed by atoms with Crippen LogP contribution in [0.5, 0.6) is 5.75 Å².